The first kappa shape index (κ1) is 21.3. The number of aromatic carboxylic acids is 3. The Morgan fingerprint density at radius 2 is 1.07 bits per heavy atom. The van der Waals surface area contributed by atoms with Gasteiger partial charge in [-0.1, -0.05) is 0 Å². The molecule has 0 atom stereocenters. The largest absolute Gasteiger partial charge is 0.478 e. The molecule has 1 aliphatic rings. The Bertz CT molecular complexity index is 1010. The number of ether oxygens (including phenoxy) is 1. The van der Waals surface area contributed by atoms with Crippen LogP contribution < -0.4 is 0 Å². The molecule has 0 fully saturated rings. The van der Waals surface area contributed by atoms with Crippen molar-refractivity contribution >= 4 is 46.7 Å². The van der Waals surface area contributed by atoms with Crippen molar-refractivity contribution in [3.8, 4) is 0 Å². The van der Waals surface area contributed by atoms with Crippen molar-refractivity contribution in [1.82, 2.24) is 0 Å². The molecular formula is C18H9ClO10. The summed E-state index contributed by atoms with van der Waals surface area (Å²) < 4.78 is 4.33. The number of hydrogen-bond donors (Lipinski definition) is 3. The van der Waals surface area contributed by atoms with Crippen molar-refractivity contribution in [3.05, 3.63) is 69.8 Å². The fourth-order valence-corrected chi connectivity index (χ4v) is 2.32. The molecule has 2 aromatic rings. The van der Waals surface area contributed by atoms with E-state index in [9.17, 15) is 28.8 Å². The molecule has 0 spiro atoms. The molecule has 0 amide bonds. The molecule has 10 nitrogen and oxygen atoms in total. The van der Waals surface area contributed by atoms with Crippen molar-refractivity contribution in [3.63, 3.8) is 0 Å². The van der Waals surface area contributed by atoms with Gasteiger partial charge in [-0.05, 0) is 48.0 Å². The lowest BCUT2D eigenvalue weighted by atomic mass is 10.1. The normalized spacial score (nSPS) is 11.6. The van der Waals surface area contributed by atoms with Gasteiger partial charge in [0.1, 0.15) is 0 Å². The smallest absolute Gasteiger partial charge is 0.346 e. The van der Waals surface area contributed by atoms with Crippen LogP contribution in [0.25, 0.3) is 0 Å². The van der Waals surface area contributed by atoms with E-state index >= 15 is 0 Å². The first-order valence-electron chi connectivity index (χ1n) is 7.46. The summed E-state index contributed by atoms with van der Waals surface area (Å²) in [6, 6.07) is 6.66. The number of esters is 2. The Morgan fingerprint density at radius 3 is 1.45 bits per heavy atom. The Balaban J connectivity index is 0.000000207. The third kappa shape index (κ3) is 4.82. The van der Waals surface area contributed by atoms with E-state index in [0.717, 1.165) is 18.2 Å². The van der Waals surface area contributed by atoms with Crippen molar-refractivity contribution in [2.45, 2.75) is 0 Å². The van der Waals surface area contributed by atoms with Crippen LogP contribution in [0.1, 0.15) is 62.1 Å². The van der Waals surface area contributed by atoms with Crippen LogP contribution >= 0.6 is 11.6 Å². The number of carboxylic acid groups (broad SMARTS) is 3. The third-order valence-corrected chi connectivity index (χ3v) is 3.76. The molecule has 3 N–H and O–H groups in total. The van der Waals surface area contributed by atoms with Crippen LogP contribution in [0.4, 0.5) is 0 Å². The van der Waals surface area contributed by atoms with Crippen LogP contribution in [-0.4, -0.2) is 50.4 Å². The molecule has 2 aromatic carbocycles. The maximum Gasteiger partial charge on any atom is 0.346 e. The zero-order valence-electron chi connectivity index (χ0n) is 14.0. The Morgan fingerprint density at radius 1 is 0.655 bits per heavy atom. The van der Waals surface area contributed by atoms with Crippen molar-refractivity contribution in [2.24, 2.45) is 0 Å². The van der Waals surface area contributed by atoms with Crippen LogP contribution in [0, 0.1) is 0 Å². The molecule has 0 unspecified atom stereocenters. The van der Waals surface area contributed by atoms with Gasteiger partial charge >= 0.3 is 29.8 Å². The van der Waals surface area contributed by atoms with Gasteiger partial charge in [0.25, 0.3) is 5.24 Å². The predicted molar refractivity (Wildman–Crippen MR) is 93.7 cm³/mol. The van der Waals surface area contributed by atoms with Crippen LogP contribution in [-0.2, 0) is 4.74 Å². The van der Waals surface area contributed by atoms with Gasteiger partial charge in [0, 0.05) is 5.56 Å². The van der Waals surface area contributed by atoms with Crippen LogP contribution in [0.2, 0.25) is 0 Å². The molecule has 0 aliphatic carbocycles. The fourth-order valence-electron chi connectivity index (χ4n) is 2.21. The summed E-state index contributed by atoms with van der Waals surface area (Å²) in [6.07, 6.45) is 0. The molecule has 0 saturated heterocycles. The zero-order valence-corrected chi connectivity index (χ0v) is 14.8. The number of halogens is 1. The molecule has 29 heavy (non-hydrogen) atoms. The minimum absolute atomic E-state index is 0.0847. The second-order valence-corrected chi connectivity index (χ2v) is 5.77. The maximum absolute atomic E-state index is 11.1. The first-order chi connectivity index (χ1) is 13.5. The maximum atomic E-state index is 11.1. The van der Waals surface area contributed by atoms with Crippen LogP contribution in [0.5, 0.6) is 0 Å². The monoisotopic (exact) mass is 420 g/mol. The van der Waals surface area contributed by atoms with Crippen molar-refractivity contribution in [1.29, 1.82) is 0 Å². The molecule has 0 aromatic heterocycles. The molecule has 3 rings (SSSR count). The second kappa shape index (κ2) is 8.31. The fraction of sp³-hybridized carbons (Fsp3) is 0. The molecule has 1 aliphatic heterocycles. The lowest BCUT2D eigenvalue weighted by Gasteiger charge is -2.00. The standard InChI is InChI=1S/C9H3ClO4.C9H6O6/c10-7(11)4-1-2-5-6(3-4)9(13)14-8(5)12;10-7(11)4-1-5(8(12)13)3-6(2-4)9(14)15/h1-3H;1-3H,(H,10,11)(H,12,13)(H,14,15). The van der Waals surface area contributed by atoms with Gasteiger partial charge in [-0.25, -0.2) is 24.0 Å². The van der Waals surface area contributed by atoms with Gasteiger partial charge in [-0.15, -0.1) is 0 Å². The van der Waals surface area contributed by atoms with Crippen molar-refractivity contribution < 1.29 is 48.8 Å². The third-order valence-electron chi connectivity index (χ3n) is 3.55. The Hall–Kier alpha value is -4.05. The summed E-state index contributed by atoms with van der Waals surface area (Å²) in [5, 5.41) is 25.2. The number of benzene rings is 2. The summed E-state index contributed by atoms with van der Waals surface area (Å²) in [4.78, 5) is 64.5. The summed E-state index contributed by atoms with van der Waals surface area (Å²) in [5.41, 5.74) is -0.692. The molecule has 11 heteroatoms. The SMILES string of the molecule is O=C(Cl)c1ccc2c(c1)C(=O)OC2=O.O=C(O)c1cc(C(=O)O)cc(C(=O)O)c1. The quantitative estimate of drug-likeness (QED) is 0.377. The molecular weight excluding hydrogens is 412 g/mol. The molecule has 0 bridgehead atoms. The summed E-state index contributed by atoms with van der Waals surface area (Å²) >= 11 is 5.21. The Labute approximate surface area is 165 Å². The van der Waals surface area contributed by atoms with E-state index in [1.807, 2.05) is 0 Å². The van der Waals surface area contributed by atoms with Gasteiger partial charge in [-0.2, -0.15) is 0 Å². The first-order valence-corrected chi connectivity index (χ1v) is 7.84. The predicted octanol–water partition coefficient (Wildman–Crippen LogP) is 2.16. The molecule has 0 saturated carbocycles. The van der Waals surface area contributed by atoms with Gasteiger partial charge < -0.3 is 20.1 Å². The van der Waals surface area contributed by atoms with Crippen LogP contribution in [0.15, 0.2) is 36.4 Å². The highest BCUT2D eigenvalue weighted by Crippen LogP contribution is 2.21. The van der Waals surface area contributed by atoms with E-state index in [-0.39, 0.29) is 33.4 Å². The number of hydrogen-bond acceptors (Lipinski definition) is 7. The summed E-state index contributed by atoms with van der Waals surface area (Å²) in [7, 11) is 0. The highest BCUT2D eigenvalue weighted by atomic mass is 35.5. The van der Waals surface area contributed by atoms with E-state index in [1.165, 1.54) is 18.2 Å². The van der Waals surface area contributed by atoms with Gasteiger partial charge in [0.2, 0.25) is 0 Å². The van der Waals surface area contributed by atoms with E-state index in [0.29, 0.717) is 0 Å². The summed E-state index contributed by atoms with van der Waals surface area (Å²) in [5.74, 6) is -5.56. The molecule has 148 valence electrons. The summed E-state index contributed by atoms with van der Waals surface area (Å²) in [6.45, 7) is 0. The number of carbonyl (C=O) groups is 6. The van der Waals surface area contributed by atoms with E-state index in [1.54, 1.807) is 0 Å². The van der Waals surface area contributed by atoms with E-state index < -0.39 is 35.1 Å². The number of fused-ring (bicyclic) bond motifs is 1. The van der Waals surface area contributed by atoms with E-state index in [4.69, 9.17) is 26.9 Å². The molecule has 0 radical (unpaired) electrons. The number of carbonyl (C=O) groups excluding carboxylic acids is 3. The van der Waals surface area contributed by atoms with Crippen molar-refractivity contribution in [2.75, 3.05) is 0 Å². The minimum Gasteiger partial charge on any atom is -0.478 e. The highest BCUT2D eigenvalue weighted by Gasteiger charge is 2.30. The average Bonchev–Trinajstić information content (AvgIpc) is 2.95. The van der Waals surface area contributed by atoms with E-state index in [2.05, 4.69) is 4.74 Å². The zero-order chi connectivity index (χ0) is 21.9. The second-order valence-electron chi connectivity index (χ2n) is 5.43. The lowest BCUT2D eigenvalue weighted by Crippen LogP contribution is -2.07. The molecule has 1 heterocycles. The number of rotatable bonds is 4. The number of carboxylic acids is 3. The van der Waals surface area contributed by atoms with Gasteiger partial charge in [0.15, 0.2) is 0 Å². The Kier molecular flexibility index (Phi) is 6.09. The van der Waals surface area contributed by atoms with Gasteiger partial charge in [0.05, 0.1) is 27.8 Å². The van der Waals surface area contributed by atoms with Gasteiger partial charge in [-0.3, -0.25) is 4.79 Å². The lowest BCUT2D eigenvalue weighted by molar-refractivity contribution is 0.0441. The topological polar surface area (TPSA) is 172 Å². The number of cyclic esters (lactones) is 2. The van der Waals surface area contributed by atoms with Crippen LogP contribution in [0.3, 0.4) is 0 Å². The highest BCUT2D eigenvalue weighted by molar-refractivity contribution is 6.67. The average molecular weight is 421 g/mol. The minimum atomic E-state index is -1.37.